The van der Waals surface area contributed by atoms with Crippen molar-refractivity contribution in [2.45, 2.75) is 101 Å². The van der Waals surface area contributed by atoms with E-state index in [4.69, 9.17) is 46.4 Å². The lowest BCUT2D eigenvalue weighted by Crippen LogP contribution is -2.76. The molecule has 0 spiro atoms. The second-order valence-corrected chi connectivity index (χ2v) is 16.7. The number of nitrogens with one attached hydrogen (secondary N) is 7. The van der Waals surface area contributed by atoms with Crippen LogP contribution in [0.4, 0.5) is 53.5 Å². The summed E-state index contributed by atoms with van der Waals surface area (Å²) in [5.74, 6) is 5.07. The Bertz CT molecular complexity index is 2590. The van der Waals surface area contributed by atoms with Crippen molar-refractivity contribution in [1.82, 2.24) is 44.9 Å². The summed E-state index contributed by atoms with van der Waals surface area (Å²) in [5, 5.41) is 20.5. The maximum Gasteiger partial charge on any atom is 0.339 e. The predicted octanol–water partition coefficient (Wildman–Crippen LogP) is 4.91. The fourth-order valence-electron chi connectivity index (χ4n) is 7.55. The van der Waals surface area contributed by atoms with Crippen molar-refractivity contribution in [1.29, 1.82) is 0 Å². The summed E-state index contributed by atoms with van der Waals surface area (Å²) >= 11 is 0. The number of unbranched alkanes of at least 4 members (excludes halogenated alkanes) is 1. The number of nitrogens with two attached hydrogens (primary N) is 2. The molecule has 0 fully saturated rings. The molecule has 3 heterocycles. The first kappa shape index (κ1) is 52.5. The van der Waals surface area contributed by atoms with E-state index in [0.29, 0.717) is 92.8 Å². The molecule has 6 aromatic rings. The number of hydrogen-bond donors (Lipinski definition) is 9. The highest BCUT2D eigenvalue weighted by atomic mass is 15.3. The molecule has 11 N–H and O–H groups in total. The van der Waals surface area contributed by atoms with E-state index in [9.17, 15) is 0 Å². The third kappa shape index (κ3) is 16.4. The van der Waals surface area contributed by atoms with Crippen molar-refractivity contribution in [3.05, 3.63) is 106 Å². The maximum absolute atomic E-state index is 5.60. The third-order valence-electron chi connectivity index (χ3n) is 11.5. The summed E-state index contributed by atoms with van der Waals surface area (Å²) in [6.45, 7) is 23.3. The van der Waals surface area contributed by atoms with Gasteiger partial charge in [0.1, 0.15) is 0 Å². The lowest BCUT2D eigenvalue weighted by molar-refractivity contribution is -0.477. The number of rotatable bonds is 30. The molecule has 0 aliphatic rings. The van der Waals surface area contributed by atoms with Crippen molar-refractivity contribution < 1.29 is 4.99 Å². The second kappa shape index (κ2) is 27.4. The largest absolute Gasteiger partial charge is 0.354 e. The zero-order valence-electron chi connectivity index (χ0n) is 42.6. The first-order chi connectivity index (χ1) is 34.6. The number of anilines is 9. The van der Waals surface area contributed by atoms with Gasteiger partial charge in [0.25, 0.3) is 0 Å². The first-order valence-corrected chi connectivity index (χ1v) is 24.9. The van der Waals surface area contributed by atoms with Gasteiger partial charge in [-0.05, 0) is 81.3 Å². The molecule has 378 valence electrons. The van der Waals surface area contributed by atoms with Gasteiger partial charge in [-0.3, -0.25) is 16.5 Å². The van der Waals surface area contributed by atoms with E-state index in [-0.39, 0.29) is 5.96 Å². The molecular formula is C50H74N21+. The van der Waals surface area contributed by atoms with Gasteiger partial charge in [-0.2, -0.15) is 44.9 Å². The molecule has 0 amide bonds. The van der Waals surface area contributed by atoms with Gasteiger partial charge in [-0.1, -0.05) is 86.1 Å². The van der Waals surface area contributed by atoms with E-state index < -0.39 is 0 Å². The Morgan fingerprint density at radius 1 is 0.408 bits per heavy atom. The van der Waals surface area contributed by atoms with E-state index in [1.807, 2.05) is 24.3 Å². The zero-order chi connectivity index (χ0) is 50.4. The van der Waals surface area contributed by atoms with Gasteiger partial charge in [0.15, 0.2) is 0 Å². The van der Waals surface area contributed by atoms with Crippen LogP contribution >= 0.6 is 0 Å². The van der Waals surface area contributed by atoms with Crippen LogP contribution in [0, 0.1) is 0 Å². The maximum atomic E-state index is 5.60. The Hall–Kier alpha value is -7.84. The Morgan fingerprint density at radius 3 is 0.972 bits per heavy atom. The number of benzene rings is 3. The highest BCUT2D eigenvalue weighted by molar-refractivity contribution is 5.69. The minimum absolute atomic E-state index is 0.186. The molecule has 0 saturated carbocycles. The molecule has 0 unspecified atom stereocenters. The molecule has 0 aliphatic carbocycles. The van der Waals surface area contributed by atoms with Gasteiger partial charge in [0.2, 0.25) is 53.5 Å². The molecule has 0 atom stereocenters. The molecule has 0 saturated heterocycles. The molecule has 71 heavy (non-hydrogen) atoms. The summed E-state index contributed by atoms with van der Waals surface area (Å²) < 4.78 is 0. The fraction of sp³-hybridized carbons (Fsp3) is 0.440. The minimum atomic E-state index is 0.186. The fourth-order valence-corrected chi connectivity index (χ4v) is 7.55. The summed E-state index contributed by atoms with van der Waals surface area (Å²) in [7, 11) is 0. The predicted molar refractivity (Wildman–Crippen MR) is 288 cm³/mol. The van der Waals surface area contributed by atoms with Gasteiger partial charge >= 0.3 is 5.96 Å². The van der Waals surface area contributed by atoms with Crippen LogP contribution in [-0.4, -0.2) is 96.6 Å². The highest BCUT2D eigenvalue weighted by Gasteiger charge is 2.15. The monoisotopic (exact) mass is 969 g/mol. The standard InChI is InChI=1S/C50H73N21/c1-8-15-25-53-42-60-43(64-48(63-42)69(9-2)10-3)55-31-37-21-17-22-38(27-37)32-57-46-62-47(68-50(67-46)71(13-6)14-7)59-34-40-24-18-23-39(28-40)33-58-45-61-44(65-49(66-45)70(11-4)12-5)56-30-36-20-16-19-35(26-36)29-54-41(51)52/h16-24,26-28H,8-15,25,29-34H2,1-7H3,(H4,51,52,54)(H2,53,55,60,63,64)(H2,56,58,61,65,66)(H2,57,59,62,67,68)/p+1. The normalized spacial score (nSPS) is 10.9. The molecule has 6 rings (SSSR count). The first-order valence-electron chi connectivity index (χ1n) is 24.9. The van der Waals surface area contributed by atoms with E-state index >= 15 is 0 Å². The van der Waals surface area contributed by atoms with E-state index in [0.717, 1.165) is 92.0 Å². The molecule has 0 radical (unpaired) electrons. The van der Waals surface area contributed by atoms with Crippen molar-refractivity contribution >= 4 is 59.5 Å². The average molecular weight is 969 g/mol. The smallest absolute Gasteiger partial charge is 0.339 e. The second-order valence-electron chi connectivity index (χ2n) is 16.7. The van der Waals surface area contributed by atoms with Crippen LogP contribution in [0.25, 0.3) is 0 Å². The lowest BCUT2D eigenvalue weighted by atomic mass is 10.1. The average Bonchev–Trinajstić information content (AvgIpc) is 3.39. The van der Waals surface area contributed by atoms with Crippen molar-refractivity contribution in [2.24, 2.45) is 11.5 Å². The summed E-state index contributed by atoms with van der Waals surface area (Å²) in [6.07, 6.45) is 2.13. The summed E-state index contributed by atoms with van der Waals surface area (Å²) in [6, 6.07) is 24.9. The number of aromatic nitrogens is 9. The Labute approximate surface area is 418 Å². The number of hydrogen-bond acceptors (Lipinski definition) is 18. The Morgan fingerprint density at radius 2 is 0.690 bits per heavy atom. The van der Waals surface area contributed by atoms with Crippen LogP contribution < -0.4 is 63.1 Å². The minimum Gasteiger partial charge on any atom is -0.354 e. The van der Waals surface area contributed by atoms with E-state index in [1.165, 1.54) is 0 Å². The number of nitrogens with zero attached hydrogens (tertiary/aromatic N) is 12. The van der Waals surface area contributed by atoms with E-state index in [2.05, 4.69) is 159 Å². The van der Waals surface area contributed by atoms with Gasteiger partial charge < -0.3 is 46.6 Å². The number of guanidine groups is 1. The molecule has 0 aliphatic heterocycles. The molecule has 3 aromatic carbocycles. The van der Waals surface area contributed by atoms with Crippen molar-refractivity contribution in [3.8, 4) is 0 Å². The van der Waals surface area contributed by atoms with Crippen molar-refractivity contribution in [2.75, 3.05) is 92.4 Å². The molecule has 21 nitrogen and oxygen atoms in total. The van der Waals surface area contributed by atoms with Gasteiger partial charge in [-0.15, -0.1) is 0 Å². The van der Waals surface area contributed by atoms with Crippen LogP contribution in [0.15, 0.2) is 72.8 Å². The topological polar surface area (TPSA) is 264 Å². The van der Waals surface area contributed by atoms with Crippen molar-refractivity contribution in [3.63, 3.8) is 0 Å². The Balaban J connectivity index is 1.09. The van der Waals surface area contributed by atoms with E-state index in [1.54, 1.807) is 0 Å². The van der Waals surface area contributed by atoms with Crippen LogP contribution in [0.3, 0.4) is 0 Å². The third-order valence-corrected chi connectivity index (χ3v) is 11.5. The van der Waals surface area contributed by atoms with Gasteiger partial charge in [0, 0.05) is 78.5 Å². The molecule has 21 heteroatoms. The molecule has 0 bridgehead atoms. The Kier molecular flexibility index (Phi) is 20.3. The van der Waals surface area contributed by atoms with Crippen LogP contribution in [-0.2, 0) is 39.3 Å². The van der Waals surface area contributed by atoms with Crippen LogP contribution in [0.5, 0.6) is 0 Å². The van der Waals surface area contributed by atoms with Gasteiger partial charge in [-0.25, -0.2) is 0 Å². The quantitative estimate of drug-likeness (QED) is 0.0165. The SMILES string of the molecule is CCCCNc1nc(NCc2cccc(CNc3nc(NCc4cccc(CNc5nc(NCc6cccc(C[NH+]=C(N)N)c6)nc(N(CC)CC)n5)c4)nc(N(CC)CC)n3)c2)nc(N(CC)CC)n1. The zero-order valence-corrected chi connectivity index (χ0v) is 42.6. The lowest BCUT2D eigenvalue weighted by Gasteiger charge is -2.20. The highest BCUT2D eigenvalue weighted by Crippen LogP contribution is 2.20. The molecule has 3 aromatic heterocycles. The molecular weight excluding hydrogens is 895 g/mol. The van der Waals surface area contributed by atoms with Gasteiger partial charge in [0.05, 0.1) is 6.54 Å². The summed E-state index contributed by atoms with van der Waals surface area (Å²) in [5.41, 5.74) is 17.6. The van der Waals surface area contributed by atoms with Crippen LogP contribution in [0.1, 0.15) is 94.7 Å². The van der Waals surface area contributed by atoms with Crippen LogP contribution in [0.2, 0.25) is 0 Å². The summed E-state index contributed by atoms with van der Waals surface area (Å²) in [4.78, 5) is 52.1.